The maximum Gasteiger partial charge on any atom is 0.350 e. The van der Waals surface area contributed by atoms with Gasteiger partial charge in [0.15, 0.2) is 0 Å². The van der Waals surface area contributed by atoms with Crippen molar-refractivity contribution in [2.75, 3.05) is 12.0 Å². The van der Waals surface area contributed by atoms with Crippen molar-refractivity contribution in [3.05, 3.63) is 14.7 Å². The first-order valence-corrected chi connectivity index (χ1v) is 11.4. The number of carbonyl (C=O) groups is 2. The van der Waals surface area contributed by atoms with Gasteiger partial charge < -0.3 is 14.7 Å². The highest BCUT2D eigenvalue weighted by Crippen LogP contribution is 2.40. The SMILES string of the molecule is COC(=O)c1sc(Br)cc1N(C(=O)[C@H]1CC[C@H](C)CC1)[C@H]1CC[C@H](O)CC1. The number of methoxy groups -OCH3 is 1. The van der Waals surface area contributed by atoms with Crippen LogP contribution in [0.3, 0.4) is 0 Å². The molecular weight excluding hydrogens is 430 g/mol. The zero-order chi connectivity index (χ0) is 19.6. The largest absolute Gasteiger partial charge is 0.465 e. The van der Waals surface area contributed by atoms with E-state index >= 15 is 0 Å². The number of ether oxygens (including phenoxy) is 1. The molecule has 0 radical (unpaired) electrons. The van der Waals surface area contributed by atoms with Gasteiger partial charge in [0.25, 0.3) is 0 Å². The van der Waals surface area contributed by atoms with Crippen LogP contribution in [0.5, 0.6) is 0 Å². The quantitative estimate of drug-likeness (QED) is 0.661. The molecule has 2 fully saturated rings. The van der Waals surface area contributed by atoms with E-state index in [0.29, 0.717) is 29.3 Å². The first-order valence-electron chi connectivity index (χ1n) is 9.79. The molecule has 1 amide bonds. The Morgan fingerprint density at radius 1 is 1.15 bits per heavy atom. The molecule has 2 aliphatic rings. The van der Waals surface area contributed by atoms with Crippen LogP contribution in [0.25, 0.3) is 0 Å². The summed E-state index contributed by atoms with van der Waals surface area (Å²) >= 11 is 4.77. The molecule has 0 spiro atoms. The summed E-state index contributed by atoms with van der Waals surface area (Å²) in [6.07, 6.45) is 6.56. The van der Waals surface area contributed by atoms with E-state index in [1.807, 2.05) is 11.0 Å². The van der Waals surface area contributed by atoms with Crippen LogP contribution >= 0.6 is 27.3 Å². The number of amides is 1. The van der Waals surface area contributed by atoms with E-state index in [1.54, 1.807) is 0 Å². The molecule has 2 aliphatic carbocycles. The minimum absolute atomic E-state index is 0.0113. The molecule has 3 rings (SSSR count). The number of anilines is 1. The molecule has 1 N–H and O–H groups in total. The van der Waals surface area contributed by atoms with Crippen molar-refractivity contribution < 1.29 is 19.4 Å². The second-order valence-corrected chi connectivity index (χ2v) is 10.3. The van der Waals surface area contributed by atoms with Gasteiger partial charge >= 0.3 is 5.97 Å². The van der Waals surface area contributed by atoms with Crippen LogP contribution in [0.2, 0.25) is 0 Å². The minimum Gasteiger partial charge on any atom is -0.465 e. The lowest BCUT2D eigenvalue weighted by Gasteiger charge is -2.38. The Balaban J connectivity index is 1.93. The molecule has 1 aromatic rings. The molecule has 0 saturated heterocycles. The molecule has 27 heavy (non-hydrogen) atoms. The van der Waals surface area contributed by atoms with Gasteiger partial charge in [-0.1, -0.05) is 6.92 Å². The Morgan fingerprint density at radius 3 is 2.37 bits per heavy atom. The molecule has 1 aromatic heterocycles. The van der Waals surface area contributed by atoms with Gasteiger partial charge in [-0.05, 0) is 79.3 Å². The average molecular weight is 458 g/mol. The summed E-state index contributed by atoms with van der Waals surface area (Å²) in [4.78, 5) is 28.2. The molecule has 0 bridgehead atoms. The van der Waals surface area contributed by atoms with Crippen molar-refractivity contribution in [1.82, 2.24) is 0 Å². The van der Waals surface area contributed by atoms with Crippen LogP contribution in [0.1, 0.15) is 68.0 Å². The maximum atomic E-state index is 13.6. The van der Waals surface area contributed by atoms with Gasteiger partial charge in [0.2, 0.25) is 5.91 Å². The summed E-state index contributed by atoms with van der Waals surface area (Å²) in [5, 5.41) is 9.90. The van der Waals surface area contributed by atoms with Gasteiger partial charge in [0.05, 0.1) is 22.7 Å². The van der Waals surface area contributed by atoms with Crippen LogP contribution < -0.4 is 4.90 Å². The minimum atomic E-state index is -0.411. The number of carbonyl (C=O) groups excluding carboxylic acids is 2. The third kappa shape index (κ3) is 4.74. The number of aliphatic hydroxyl groups excluding tert-OH is 1. The lowest BCUT2D eigenvalue weighted by molar-refractivity contribution is -0.124. The fourth-order valence-corrected chi connectivity index (χ4v) is 5.78. The highest BCUT2D eigenvalue weighted by Gasteiger charge is 2.37. The lowest BCUT2D eigenvalue weighted by Crippen LogP contribution is -2.47. The third-order valence-corrected chi connectivity index (χ3v) is 7.55. The molecule has 0 aromatic carbocycles. The smallest absolute Gasteiger partial charge is 0.350 e. The van der Waals surface area contributed by atoms with Crippen LogP contribution in [0.4, 0.5) is 5.69 Å². The zero-order valence-corrected chi connectivity index (χ0v) is 18.4. The highest BCUT2D eigenvalue weighted by atomic mass is 79.9. The van der Waals surface area contributed by atoms with E-state index in [9.17, 15) is 14.7 Å². The Morgan fingerprint density at radius 2 is 1.78 bits per heavy atom. The fraction of sp³-hybridized carbons (Fsp3) is 0.700. The predicted octanol–water partition coefficient (Wildman–Crippen LogP) is 4.76. The average Bonchev–Trinajstić information content (AvgIpc) is 3.04. The number of thiophene rings is 1. The molecular formula is C20H28BrNO4S. The molecule has 0 atom stereocenters. The first kappa shape index (κ1) is 20.8. The normalized spacial score (nSPS) is 28.6. The standard InChI is InChI=1S/C20H28BrNO4S/c1-12-3-5-13(6-4-12)19(24)22(14-7-9-15(23)10-8-14)16-11-17(21)27-18(16)20(25)26-2/h11-15,23H,3-10H2,1-2H3/t12-,13-,14-,15-. The summed E-state index contributed by atoms with van der Waals surface area (Å²) < 4.78 is 5.77. The Bertz CT molecular complexity index is 676. The summed E-state index contributed by atoms with van der Waals surface area (Å²) in [5.41, 5.74) is 0.656. The number of esters is 1. The van der Waals surface area contributed by atoms with Gasteiger partial charge in [-0.2, -0.15) is 0 Å². The van der Waals surface area contributed by atoms with E-state index in [2.05, 4.69) is 22.9 Å². The van der Waals surface area contributed by atoms with Crippen LogP contribution in [-0.4, -0.2) is 36.2 Å². The monoisotopic (exact) mass is 457 g/mol. The maximum absolute atomic E-state index is 13.6. The number of halogens is 1. The van der Waals surface area contributed by atoms with Crippen molar-refractivity contribution in [1.29, 1.82) is 0 Å². The lowest BCUT2D eigenvalue weighted by atomic mass is 9.81. The summed E-state index contributed by atoms with van der Waals surface area (Å²) in [5.74, 6) is 0.399. The first-order chi connectivity index (χ1) is 12.9. The van der Waals surface area contributed by atoms with Crippen molar-refractivity contribution in [3.63, 3.8) is 0 Å². The number of nitrogens with zero attached hydrogens (tertiary/aromatic N) is 1. The molecule has 1 heterocycles. The second kappa shape index (κ2) is 9.05. The van der Waals surface area contributed by atoms with Gasteiger partial charge in [-0.25, -0.2) is 4.79 Å². The zero-order valence-electron chi connectivity index (χ0n) is 15.9. The Kier molecular flexibility index (Phi) is 6.98. The molecule has 150 valence electrons. The summed E-state index contributed by atoms with van der Waals surface area (Å²) in [6.45, 7) is 2.24. The Labute approximate surface area is 173 Å². The second-order valence-electron chi connectivity index (χ2n) is 7.88. The number of aliphatic hydroxyl groups is 1. The fourth-order valence-electron chi connectivity index (χ4n) is 4.29. The molecule has 5 nitrogen and oxygen atoms in total. The highest BCUT2D eigenvalue weighted by molar-refractivity contribution is 9.11. The van der Waals surface area contributed by atoms with E-state index in [-0.39, 0.29) is 24.0 Å². The van der Waals surface area contributed by atoms with Crippen molar-refractivity contribution in [2.24, 2.45) is 11.8 Å². The summed E-state index contributed by atoms with van der Waals surface area (Å²) in [6, 6.07) is 1.89. The molecule has 2 saturated carbocycles. The topological polar surface area (TPSA) is 66.8 Å². The van der Waals surface area contributed by atoms with Gasteiger partial charge in [-0.15, -0.1) is 11.3 Å². The number of rotatable bonds is 4. The molecule has 0 unspecified atom stereocenters. The van der Waals surface area contributed by atoms with Gasteiger partial charge in [0, 0.05) is 12.0 Å². The Hall–Kier alpha value is -0.920. The van der Waals surface area contributed by atoms with E-state index in [1.165, 1.54) is 18.4 Å². The number of hydrogen-bond donors (Lipinski definition) is 1. The molecule has 0 aliphatic heterocycles. The predicted molar refractivity (Wildman–Crippen MR) is 110 cm³/mol. The third-order valence-electron chi connectivity index (χ3n) is 5.95. The summed E-state index contributed by atoms with van der Waals surface area (Å²) in [7, 11) is 1.37. The van der Waals surface area contributed by atoms with Crippen molar-refractivity contribution >= 4 is 44.8 Å². The van der Waals surface area contributed by atoms with Gasteiger partial charge in [-0.3, -0.25) is 4.79 Å². The molecule has 7 heteroatoms. The number of hydrogen-bond acceptors (Lipinski definition) is 5. The van der Waals surface area contributed by atoms with Crippen LogP contribution in [0, 0.1) is 11.8 Å². The van der Waals surface area contributed by atoms with Crippen LogP contribution in [-0.2, 0) is 9.53 Å². The van der Waals surface area contributed by atoms with Gasteiger partial charge in [0.1, 0.15) is 4.88 Å². The van der Waals surface area contributed by atoms with E-state index in [0.717, 1.165) is 42.3 Å². The van der Waals surface area contributed by atoms with Crippen molar-refractivity contribution in [3.8, 4) is 0 Å². The van der Waals surface area contributed by atoms with E-state index in [4.69, 9.17) is 4.74 Å². The van der Waals surface area contributed by atoms with E-state index < -0.39 is 5.97 Å². The van der Waals surface area contributed by atoms with Crippen molar-refractivity contribution in [2.45, 2.75) is 70.4 Å². The van der Waals surface area contributed by atoms with Crippen LogP contribution in [0.15, 0.2) is 9.85 Å².